The average Bonchev–Trinajstić information content (AvgIpc) is 2.94. The second-order valence-corrected chi connectivity index (χ2v) is 6.06. The zero-order chi connectivity index (χ0) is 13.0. The Hall–Kier alpha value is -0.160. The summed E-state index contributed by atoms with van der Waals surface area (Å²) >= 11 is 0. The number of likely N-dealkylation sites (tertiary alicyclic amines) is 1. The van der Waals surface area contributed by atoms with Crippen LogP contribution in [0.4, 0.5) is 0 Å². The van der Waals surface area contributed by atoms with Gasteiger partial charge in [-0.3, -0.25) is 4.90 Å². The third kappa shape index (κ3) is 3.92. The Kier molecular flexibility index (Phi) is 5.01. The molecule has 2 unspecified atom stereocenters. The van der Waals surface area contributed by atoms with Crippen molar-refractivity contribution >= 4 is 0 Å². The van der Waals surface area contributed by atoms with Crippen LogP contribution in [0.5, 0.6) is 0 Å². The summed E-state index contributed by atoms with van der Waals surface area (Å²) in [5.74, 6) is 0. The van der Waals surface area contributed by atoms with Gasteiger partial charge >= 0.3 is 0 Å². The first kappa shape index (κ1) is 14.3. The van der Waals surface area contributed by atoms with E-state index in [-0.39, 0.29) is 6.04 Å². The van der Waals surface area contributed by atoms with Gasteiger partial charge in [-0.1, -0.05) is 0 Å². The molecule has 2 rings (SSSR count). The Balaban J connectivity index is 1.63. The SMILES string of the molecule is CC(C)(O)C1CCCN1CCOCC1CCCO1. The molecule has 0 aliphatic carbocycles. The summed E-state index contributed by atoms with van der Waals surface area (Å²) in [5, 5.41) is 10.1. The van der Waals surface area contributed by atoms with Gasteiger partial charge in [-0.15, -0.1) is 0 Å². The van der Waals surface area contributed by atoms with Crippen LogP contribution in [0.25, 0.3) is 0 Å². The van der Waals surface area contributed by atoms with Crippen LogP contribution < -0.4 is 0 Å². The van der Waals surface area contributed by atoms with Crippen LogP contribution in [-0.4, -0.2) is 60.7 Å². The second kappa shape index (κ2) is 6.33. The van der Waals surface area contributed by atoms with E-state index in [9.17, 15) is 5.11 Å². The van der Waals surface area contributed by atoms with Gasteiger partial charge in [-0.05, 0) is 46.1 Å². The summed E-state index contributed by atoms with van der Waals surface area (Å²) in [6, 6.07) is 0.281. The van der Waals surface area contributed by atoms with Crippen LogP contribution in [0, 0.1) is 0 Å². The van der Waals surface area contributed by atoms with Crippen LogP contribution in [0.1, 0.15) is 39.5 Å². The van der Waals surface area contributed by atoms with Gasteiger partial charge < -0.3 is 14.6 Å². The highest BCUT2D eigenvalue weighted by Crippen LogP contribution is 2.26. The summed E-state index contributed by atoms with van der Waals surface area (Å²) in [6.07, 6.45) is 4.89. The van der Waals surface area contributed by atoms with E-state index in [1.165, 1.54) is 12.8 Å². The molecule has 0 amide bonds. The van der Waals surface area contributed by atoms with Crippen molar-refractivity contribution in [3.05, 3.63) is 0 Å². The van der Waals surface area contributed by atoms with E-state index < -0.39 is 5.60 Å². The molecule has 1 N–H and O–H groups in total. The second-order valence-electron chi connectivity index (χ2n) is 6.06. The Morgan fingerprint density at radius 2 is 2.17 bits per heavy atom. The maximum absolute atomic E-state index is 10.1. The van der Waals surface area contributed by atoms with E-state index in [4.69, 9.17) is 9.47 Å². The molecular formula is C14H27NO3. The van der Waals surface area contributed by atoms with Gasteiger partial charge in [0, 0.05) is 19.2 Å². The summed E-state index contributed by atoms with van der Waals surface area (Å²) in [4.78, 5) is 2.36. The lowest BCUT2D eigenvalue weighted by Gasteiger charge is -2.33. The molecule has 4 heteroatoms. The number of aliphatic hydroxyl groups is 1. The Labute approximate surface area is 110 Å². The molecule has 0 bridgehead atoms. The van der Waals surface area contributed by atoms with Crippen molar-refractivity contribution in [3.63, 3.8) is 0 Å². The highest BCUT2D eigenvalue weighted by Gasteiger charge is 2.35. The van der Waals surface area contributed by atoms with Gasteiger partial charge in [0.25, 0.3) is 0 Å². The Bertz CT molecular complexity index is 246. The van der Waals surface area contributed by atoms with Crippen molar-refractivity contribution in [2.75, 3.05) is 32.9 Å². The highest BCUT2D eigenvalue weighted by molar-refractivity contribution is 4.90. The third-order valence-electron chi connectivity index (χ3n) is 4.03. The normalized spacial score (nSPS) is 30.2. The van der Waals surface area contributed by atoms with Gasteiger partial charge in [0.2, 0.25) is 0 Å². The van der Waals surface area contributed by atoms with Crippen LogP contribution in [0.3, 0.4) is 0 Å². The number of ether oxygens (including phenoxy) is 2. The zero-order valence-electron chi connectivity index (χ0n) is 11.7. The lowest BCUT2D eigenvalue weighted by Crippen LogP contribution is -2.46. The minimum Gasteiger partial charge on any atom is -0.389 e. The quantitative estimate of drug-likeness (QED) is 0.731. The smallest absolute Gasteiger partial charge is 0.0809 e. The molecule has 0 aromatic rings. The van der Waals surface area contributed by atoms with E-state index in [0.29, 0.717) is 6.10 Å². The predicted octanol–water partition coefficient (Wildman–Crippen LogP) is 1.42. The molecule has 106 valence electrons. The van der Waals surface area contributed by atoms with Crippen molar-refractivity contribution in [2.24, 2.45) is 0 Å². The van der Waals surface area contributed by atoms with Crippen molar-refractivity contribution in [2.45, 2.75) is 57.3 Å². The number of nitrogens with zero attached hydrogens (tertiary/aromatic N) is 1. The average molecular weight is 257 g/mol. The fraction of sp³-hybridized carbons (Fsp3) is 1.00. The van der Waals surface area contributed by atoms with Crippen LogP contribution >= 0.6 is 0 Å². The molecule has 0 spiro atoms. The standard InChI is InChI=1S/C14H27NO3/c1-14(2,16)13-6-3-7-15(13)8-10-17-11-12-5-4-9-18-12/h12-13,16H,3-11H2,1-2H3. The third-order valence-corrected chi connectivity index (χ3v) is 4.03. The first-order valence-electron chi connectivity index (χ1n) is 7.23. The molecular weight excluding hydrogens is 230 g/mol. The summed E-state index contributed by atoms with van der Waals surface area (Å²) in [7, 11) is 0. The first-order chi connectivity index (χ1) is 8.57. The van der Waals surface area contributed by atoms with Crippen molar-refractivity contribution in [3.8, 4) is 0 Å². The summed E-state index contributed by atoms with van der Waals surface area (Å²) in [6.45, 7) is 8.17. The predicted molar refractivity (Wildman–Crippen MR) is 70.7 cm³/mol. The zero-order valence-corrected chi connectivity index (χ0v) is 11.7. The van der Waals surface area contributed by atoms with Gasteiger partial charge in [0.05, 0.1) is 24.9 Å². The molecule has 2 fully saturated rings. The number of hydrogen-bond donors (Lipinski definition) is 1. The number of rotatable bonds is 6. The fourth-order valence-electron chi connectivity index (χ4n) is 3.07. The molecule has 2 heterocycles. The molecule has 0 aromatic carbocycles. The molecule has 4 nitrogen and oxygen atoms in total. The lowest BCUT2D eigenvalue weighted by atomic mass is 9.97. The topological polar surface area (TPSA) is 41.9 Å². The molecule has 0 radical (unpaired) electrons. The maximum Gasteiger partial charge on any atom is 0.0809 e. The molecule has 2 aliphatic rings. The molecule has 0 saturated carbocycles. The highest BCUT2D eigenvalue weighted by atomic mass is 16.5. The maximum atomic E-state index is 10.1. The van der Waals surface area contributed by atoms with E-state index in [2.05, 4.69) is 4.90 Å². The lowest BCUT2D eigenvalue weighted by molar-refractivity contribution is -0.0222. The fourth-order valence-corrected chi connectivity index (χ4v) is 3.07. The van der Waals surface area contributed by atoms with Gasteiger partial charge in [-0.2, -0.15) is 0 Å². The summed E-state index contributed by atoms with van der Waals surface area (Å²) < 4.78 is 11.2. The van der Waals surface area contributed by atoms with Crippen molar-refractivity contribution in [1.82, 2.24) is 4.90 Å². The van der Waals surface area contributed by atoms with E-state index in [1.54, 1.807) is 0 Å². The van der Waals surface area contributed by atoms with Crippen LogP contribution in [-0.2, 0) is 9.47 Å². The molecule has 2 aliphatic heterocycles. The minimum atomic E-state index is -0.606. The Morgan fingerprint density at radius 1 is 1.33 bits per heavy atom. The number of hydrogen-bond acceptors (Lipinski definition) is 4. The molecule has 18 heavy (non-hydrogen) atoms. The van der Waals surface area contributed by atoms with Crippen molar-refractivity contribution in [1.29, 1.82) is 0 Å². The molecule has 2 saturated heterocycles. The van der Waals surface area contributed by atoms with Crippen LogP contribution in [0.15, 0.2) is 0 Å². The first-order valence-corrected chi connectivity index (χ1v) is 7.23. The van der Waals surface area contributed by atoms with Crippen LogP contribution in [0.2, 0.25) is 0 Å². The minimum absolute atomic E-state index is 0.281. The van der Waals surface area contributed by atoms with Gasteiger partial charge in [0.1, 0.15) is 0 Å². The monoisotopic (exact) mass is 257 g/mol. The van der Waals surface area contributed by atoms with E-state index in [1.807, 2.05) is 13.8 Å². The molecule has 0 aromatic heterocycles. The molecule has 2 atom stereocenters. The summed E-state index contributed by atoms with van der Waals surface area (Å²) in [5.41, 5.74) is -0.606. The Morgan fingerprint density at radius 3 is 2.83 bits per heavy atom. The van der Waals surface area contributed by atoms with Gasteiger partial charge in [0.15, 0.2) is 0 Å². The van der Waals surface area contributed by atoms with E-state index >= 15 is 0 Å². The van der Waals surface area contributed by atoms with Gasteiger partial charge in [-0.25, -0.2) is 0 Å². The largest absolute Gasteiger partial charge is 0.389 e. The van der Waals surface area contributed by atoms with Crippen molar-refractivity contribution < 1.29 is 14.6 Å². The van der Waals surface area contributed by atoms with E-state index in [0.717, 1.165) is 45.8 Å².